The van der Waals surface area contributed by atoms with Gasteiger partial charge in [-0.05, 0) is 61.6 Å². The summed E-state index contributed by atoms with van der Waals surface area (Å²) in [6, 6.07) is 11.7. The maximum absolute atomic E-state index is 12.3. The number of amides is 1. The van der Waals surface area contributed by atoms with Crippen LogP contribution in [0.1, 0.15) is 48.2 Å². The zero-order valence-corrected chi connectivity index (χ0v) is 26.3. The first-order valence-electron chi connectivity index (χ1n) is 14.1. The maximum Gasteiger partial charge on any atom is 0.237 e. The van der Waals surface area contributed by atoms with Gasteiger partial charge in [0.2, 0.25) is 12.3 Å². The fourth-order valence-electron chi connectivity index (χ4n) is 4.08. The number of piperidine rings is 1. The van der Waals surface area contributed by atoms with E-state index in [4.69, 9.17) is 10.5 Å². The van der Waals surface area contributed by atoms with Crippen molar-refractivity contribution in [1.82, 2.24) is 14.8 Å². The van der Waals surface area contributed by atoms with Gasteiger partial charge in [0, 0.05) is 56.6 Å². The Labute approximate surface area is 254 Å². The minimum Gasteiger partial charge on any atom is -0.480 e. The van der Waals surface area contributed by atoms with Crippen LogP contribution in [0.3, 0.4) is 0 Å². The molecule has 10 heteroatoms. The molecule has 2 heterocycles. The number of rotatable bonds is 7. The van der Waals surface area contributed by atoms with E-state index in [0.29, 0.717) is 28.9 Å². The second-order valence-electron chi connectivity index (χ2n) is 9.59. The lowest BCUT2D eigenvalue weighted by molar-refractivity contribution is -0.119. The Balaban J connectivity index is 0.000000334. The topological polar surface area (TPSA) is 101 Å². The fourth-order valence-corrected chi connectivity index (χ4v) is 4.08. The van der Waals surface area contributed by atoms with Crippen molar-refractivity contribution in [2.45, 2.75) is 46.6 Å². The predicted molar refractivity (Wildman–Crippen MR) is 170 cm³/mol. The van der Waals surface area contributed by atoms with Crippen molar-refractivity contribution in [2.24, 2.45) is 5.73 Å². The number of anilines is 1. The first-order valence-corrected chi connectivity index (χ1v) is 14.1. The fraction of sp³-hybridized carbons (Fsp3) is 0.364. The lowest BCUT2D eigenvalue weighted by Crippen LogP contribution is -2.43. The molecule has 0 atom stereocenters. The minimum absolute atomic E-state index is 0.439. The van der Waals surface area contributed by atoms with Gasteiger partial charge in [0.25, 0.3) is 0 Å². The van der Waals surface area contributed by atoms with Crippen LogP contribution in [-0.2, 0) is 4.79 Å². The maximum atomic E-state index is 12.3. The standard InChI is InChI=1S/C15H16N2O2.C9H17N3O.C7H6F2.C2H6/c1-10-4-5-11(6-13(10)9-18)12-7-14(16-2)15(19-3)17-8-12;1-8(10)11(2)9-3-5-12(7-13)6-4-9;1-5-2-3-6(8)4-7(5)9;1-2/h4-9,16H,1-3H3;7,9H,1,3-6,10H2,2H3;2-4H,1H3;1-2H3. The number of halogens is 2. The molecule has 234 valence electrons. The van der Waals surface area contributed by atoms with Crippen molar-refractivity contribution in [3.05, 3.63) is 89.4 Å². The number of ether oxygens (including phenoxy) is 1. The first-order chi connectivity index (χ1) is 20.5. The number of nitrogens with zero attached hydrogens (tertiary/aromatic N) is 3. The molecule has 4 rings (SSSR count). The van der Waals surface area contributed by atoms with Crippen LogP contribution in [-0.4, -0.2) is 67.8 Å². The van der Waals surface area contributed by atoms with Crippen LogP contribution in [0.15, 0.2) is 61.1 Å². The third kappa shape index (κ3) is 11.4. The summed E-state index contributed by atoms with van der Waals surface area (Å²) in [5, 5.41) is 3.04. The molecule has 3 aromatic rings. The molecule has 3 N–H and O–H groups in total. The van der Waals surface area contributed by atoms with Gasteiger partial charge in [0.1, 0.15) is 17.9 Å². The lowest BCUT2D eigenvalue weighted by Gasteiger charge is -2.36. The zero-order valence-electron chi connectivity index (χ0n) is 26.3. The number of hydrogen-bond acceptors (Lipinski definition) is 7. The monoisotopic (exact) mass is 597 g/mol. The molecule has 1 aliphatic heterocycles. The van der Waals surface area contributed by atoms with Crippen LogP contribution >= 0.6 is 0 Å². The van der Waals surface area contributed by atoms with Gasteiger partial charge in [0.15, 0.2) is 0 Å². The summed E-state index contributed by atoms with van der Waals surface area (Å²) in [4.78, 5) is 29.5. The SMILES string of the molecule is C=C(N)N(C)C1CCN(C=O)CC1.CC.CNc1cc(-c2ccc(C)c(C=O)c2)cnc1OC.Cc1ccc(F)cc1F. The highest BCUT2D eigenvalue weighted by atomic mass is 19.1. The summed E-state index contributed by atoms with van der Waals surface area (Å²) in [6.45, 7) is 12.8. The number of aromatic nitrogens is 1. The second kappa shape index (κ2) is 18.9. The average Bonchev–Trinajstić information content (AvgIpc) is 3.04. The number of methoxy groups -OCH3 is 1. The van der Waals surface area contributed by atoms with E-state index in [1.165, 1.54) is 12.1 Å². The van der Waals surface area contributed by atoms with Crippen LogP contribution < -0.4 is 15.8 Å². The van der Waals surface area contributed by atoms with Crippen LogP contribution in [0.25, 0.3) is 11.1 Å². The van der Waals surface area contributed by atoms with E-state index in [9.17, 15) is 18.4 Å². The van der Waals surface area contributed by atoms with Crippen LogP contribution in [0, 0.1) is 25.5 Å². The summed E-state index contributed by atoms with van der Waals surface area (Å²) in [7, 11) is 5.35. The van der Waals surface area contributed by atoms with Crippen molar-refractivity contribution >= 4 is 18.4 Å². The smallest absolute Gasteiger partial charge is 0.237 e. The molecule has 1 fully saturated rings. The molecule has 8 nitrogen and oxygen atoms in total. The molecular weight excluding hydrogens is 552 g/mol. The number of carbonyl (C=O) groups is 2. The summed E-state index contributed by atoms with van der Waals surface area (Å²) in [6.07, 6.45) is 5.47. The van der Waals surface area contributed by atoms with E-state index in [-0.39, 0.29) is 0 Å². The zero-order chi connectivity index (χ0) is 32.5. The van der Waals surface area contributed by atoms with Gasteiger partial charge in [-0.3, -0.25) is 9.59 Å². The molecule has 1 aromatic heterocycles. The number of nitrogens with two attached hydrogens (primary N) is 1. The van der Waals surface area contributed by atoms with Gasteiger partial charge in [0.05, 0.1) is 18.6 Å². The Hall–Kier alpha value is -4.47. The van der Waals surface area contributed by atoms with E-state index in [2.05, 4.69) is 16.9 Å². The molecule has 1 aliphatic rings. The molecule has 1 saturated heterocycles. The summed E-state index contributed by atoms with van der Waals surface area (Å²) in [5.74, 6) is 0.131. The molecule has 0 radical (unpaired) electrons. The second-order valence-corrected chi connectivity index (χ2v) is 9.59. The molecule has 0 unspecified atom stereocenters. The number of hydrogen-bond donors (Lipinski definition) is 2. The Morgan fingerprint density at radius 2 is 1.70 bits per heavy atom. The van der Waals surface area contributed by atoms with Gasteiger partial charge < -0.3 is 25.6 Å². The molecule has 0 bridgehead atoms. The summed E-state index contributed by atoms with van der Waals surface area (Å²) >= 11 is 0. The van der Waals surface area contributed by atoms with E-state index in [1.54, 1.807) is 25.1 Å². The normalized spacial score (nSPS) is 12.2. The van der Waals surface area contributed by atoms with E-state index < -0.39 is 11.6 Å². The third-order valence-corrected chi connectivity index (χ3v) is 6.84. The van der Waals surface area contributed by atoms with Crippen molar-refractivity contribution in [1.29, 1.82) is 0 Å². The number of likely N-dealkylation sites (tertiary alicyclic amines) is 1. The minimum atomic E-state index is -0.530. The highest BCUT2D eigenvalue weighted by Crippen LogP contribution is 2.28. The highest BCUT2D eigenvalue weighted by Gasteiger charge is 2.21. The number of nitrogens with one attached hydrogen (secondary N) is 1. The summed E-state index contributed by atoms with van der Waals surface area (Å²) < 4.78 is 29.6. The number of aldehydes is 1. The molecule has 0 saturated carbocycles. The molecule has 0 aliphatic carbocycles. The third-order valence-electron chi connectivity index (χ3n) is 6.84. The number of pyridine rings is 1. The van der Waals surface area contributed by atoms with Gasteiger partial charge in [-0.1, -0.05) is 38.6 Å². The van der Waals surface area contributed by atoms with Crippen molar-refractivity contribution in [3.63, 3.8) is 0 Å². The molecule has 0 spiro atoms. The van der Waals surface area contributed by atoms with Crippen molar-refractivity contribution in [3.8, 4) is 17.0 Å². The molecule has 43 heavy (non-hydrogen) atoms. The Morgan fingerprint density at radius 1 is 1.07 bits per heavy atom. The summed E-state index contributed by atoms with van der Waals surface area (Å²) in [5.41, 5.74) is 10.4. The van der Waals surface area contributed by atoms with Crippen LogP contribution in [0.2, 0.25) is 0 Å². The van der Waals surface area contributed by atoms with Gasteiger partial charge in [-0.15, -0.1) is 0 Å². The lowest BCUT2D eigenvalue weighted by atomic mass is 10.0. The van der Waals surface area contributed by atoms with Crippen LogP contribution in [0.4, 0.5) is 14.5 Å². The number of carbonyl (C=O) groups excluding carboxylic acids is 2. The largest absolute Gasteiger partial charge is 0.480 e. The Bertz CT molecular complexity index is 1330. The first kappa shape index (κ1) is 36.6. The molecule has 2 aromatic carbocycles. The van der Waals surface area contributed by atoms with Crippen LogP contribution in [0.5, 0.6) is 5.88 Å². The van der Waals surface area contributed by atoms with E-state index in [1.807, 2.05) is 64.0 Å². The Morgan fingerprint density at radius 3 is 2.19 bits per heavy atom. The predicted octanol–water partition coefficient (Wildman–Crippen LogP) is 6.19. The number of aryl methyl sites for hydroxylation is 2. The van der Waals surface area contributed by atoms with Gasteiger partial charge >= 0.3 is 0 Å². The van der Waals surface area contributed by atoms with Gasteiger partial charge in [-0.25, -0.2) is 13.8 Å². The number of benzene rings is 2. The van der Waals surface area contributed by atoms with Gasteiger partial charge in [-0.2, -0.15) is 0 Å². The quantitative estimate of drug-likeness (QED) is 0.313. The molecular formula is C33H45F2N5O3. The highest BCUT2D eigenvalue weighted by molar-refractivity contribution is 5.81. The average molecular weight is 598 g/mol. The van der Waals surface area contributed by atoms with Crippen molar-refractivity contribution in [2.75, 3.05) is 39.6 Å². The van der Waals surface area contributed by atoms with E-state index >= 15 is 0 Å². The molecule has 1 amide bonds. The Kier molecular flexibility index (Phi) is 16.0. The van der Waals surface area contributed by atoms with E-state index in [0.717, 1.165) is 67.1 Å². The van der Waals surface area contributed by atoms with Crippen molar-refractivity contribution < 1.29 is 23.1 Å².